The van der Waals surface area contributed by atoms with Gasteiger partial charge in [0.15, 0.2) is 0 Å². The number of pyridine rings is 1. The summed E-state index contributed by atoms with van der Waals surface area (Å²) in [5.41, 5.74) is 8.69. The summed E-state index contributed by atoms with van der Waals surface area (Å²) in [5.74, 6) is 1.05. The molecule has 41 heavy (non-hydrogen) atoms. The van der Waals surface area contributed by atoms with Gasteiger partial charge in [0.2, 0.25) is 5.28 Å². The van der Waals surface area contributed by atoms with E-state index in [1.54, 1.807) is 66.0 Å². The van der Waals surface area contributed by atoms with Gasteiger partial charge in [-0.3, -0.25) is 14.0 Å². The molecule has 5 aromatic rings. The topological polar surface area (TPSA) is 154 Å². The zero-order valence-corrected chi connectivity index (χ0v) is 22.6. The smallest absolute Gasteiger partial charge is 0.273 e. The number of aromatic nitrogens is 6. The van der Waals surface area contributed by atoms with Crippen LogP contribution in [-0.4, -0.2) is 59.7 Å². The quantitative estimate of drug-likeness (QED) is 0.288. The van der Waals surface area contributed by atoms with E-state index in [0.29, 0.717) is 52.7 Å². The molecule has 12 nitrogen and oxygen atoms in total. The summed E-state index contributed by atoms with van der Waals surface area (Å²) in [6.45, 7) is 0.532. The van der Waals surface area contributed by atoms with E-state index in [1.807, 2.05) is 4.40 Å². The number of carbonyl (C=O) groups excluding carboxylic acids is 2. The van der Waals surface area contributed by atoms with Gasteiger partial charge in [-0.25, -0.2) is 24.9 Å². The number of amides is 2. The van der Waals surface area contributed by atoms with Crippen LogP contribution in [0.15, 0.2) is 67.3 Å². The van der Waals surface area contributed by atoms with E-state index in [2.05, 4.69) is 25.3 Å². The molecule has 13 heteroatoms. The van der Waals surface area contributed by atoms with E-state index in [1.165, 1.54) is 13.3 Å². The lowest BCUT2D eigenvalue weighted by Crippen LogP contribution is -2.32. The summed E-state index contributed by atoms with van der Waals surface area (Å²) >= 11 is 5.94. The molecule has 1 aliphatic rings. The summed E-state index contributed by atoms with van der Waals surface area (Å²) in [4.78, 5) is 49.5. The summed E-state index contributed by atoms with van der Waals surface area (Å²) in [5, 5.41) is 2.77. The maximum Gasteiger partial charge on any atom is 0.273 e. The molecular formula is C28H24ClN9O3. The number of nitrogens with two attached hydrogens (primary N) is 1. The van der Waals surface area contributed by atoms with Crippen molar-refractivity contribution in [2.45, 2.75) is 18.9 Å². The molecule has 0 spiro atoms. The summed E-state index contributed by atoms with van der Waals surface area (Å²) in [7, 11) is 1.49. The Morgan fingerprint density at radius 3 is 2.73 bits per heavy atom. The van der Waals surface area contributed by atoms with Gasteiger partial charge in [0.25, 0.3) is 11.8 Å². The molecule has 1 aromatic carbocycles. The molecule has 0 aliphatic carbocycles. The van der Waals surface area contributed by atoms with Crippen LogP contribution < -0.4 is 15.8 Å². The molecule has 0 saturated carbocycles. The number of ether oxygens (including phenoxy) is 1. The first kappa shape index (κ1) is 26.1. The number of rotatable bonds is 6. The minimum atomic E-state index is -0.367. The van der Waals surface area contributed by atoms with Gasteiger partial charge in [0, 0.05) is 36.9 Å². The van der Waals surface area contributed by atoms with Crippen molar-refractivity contribution in [3.05, 3.63) is 89.6 Å². The lowest BCUT2D eigenvalue weighted by atomic mass is 10.1. The first-order chi connectivity index (χ1) is 19.9. The van der Waals surface area contributed by atoms with E-state index in [0.717, 1.165) is 6.42 Å². The van der Waals surface area contributed by atoms with Crippen molar-refractivity contribution < 1.29 is 14.3 Å². The molecule has 2 amide bonds. The predicted molar refractivity (Wildman–Crippen MR) is 152 cm³/mol. The predicted octanol–water partition coefficient (Wildman–Crippen LogP) is 4.06. The van der Waals surface area contributed by atoms with Crippen LogP contribution in [0.25, 0.3) is 16.8 Å². The largest absolute Gasteiger partial charge is 0.496 e. The zero-order valence-electron chi connectivity index (χ0n) is 21.9. The standard InChI is InChI=1S/C28H24ClN9O3/c1-41-20-15-16(7-8-17(20)26(39)35-21-6-2-3-10-31-21)22-23-24(30)32-12-14-38(23)25(36-22)19-5-4-13-37(19)27(40)18-9-11-33-28(29)34-18/h2-3,6-12,14-15,19H,4-5,13H2,1H3,(H2,30,32)(H,31,35,39)/t19-/m0/s1. The maximum atomic E-state index is 13.4. The van der Waals surface area contributed by atoms with Gasteiger partial charge >= 0.3 is 0 Å². The first-order valence-electron chi connectivity index (χ1n) is 12.8. The molecule has 206 valence electrons. The number of nitrogens with one attached hydrogen (secondary N) is 1. The number of hydrogen-bond donors (Lipinski definition) is 2. The van der Waals surface area contributed by atoms with Gasteiger partial charge in [-0.05, 0) is 54.8 Å². The number of likely N-dealkylation sites (tertiary alicyclic amines) is 1. The average Bonchev–Trinajstić information content (AvgIpc) is 3.63. The number of hydrogen-bond acceptors (Lipinski definition) is 9. The van der Waals surface area contributed by atoms with Gasteiger partial charge in [-0.2, -0.15) is 0 Å². The number of halogens is 1. The summed E-state index contributed by atoms with van der Waals surface area (Å²) < 4.78 is 7.44. The number of imidazole rings is 1. The number of benzene rings is 1. The monoisotopic (exact) mass is 569 g/mol. The van der Waals surface area contributed by atoms with Crippen molar-refractivity contribution in [1.82, 2.24) is 34.2 Å². The molecule has 0 radical (unpaired) electrons. The average molecular weight is 570 g/mol. The lowest BCUT2D eigenvalue weighted by molar-refractivity contribution is 0.0723. The second kappa shape index (κ2) is 10.8. The third-order valence-corrected chi connectivity index (χ3v) is 7.08. The highest BCUT2D eigenvalue weighted by Crippen LogP contribution is 2.38. The lowest BCUT2D eigenvalue weighted by Gasteiger charge is -2.23. The Morgan fingerprint density at radius 2 is 1.95 bits per heavy atom. The van der Waals surface area contributed by atoms with Crippen LogP contribution in [0, 0.1) is 0 Å². The van der Waals surface area contributed by atoms with Crippen LogP contribution in [0.3, 0.4) is 0 Å². The molecule has 1 atom stereocenters. The van der Waals surface area contributed by atoms with Crippen LogP contribution in [0.1, 0.15) is 45.6 Å². The van der Waals surface area contributed by atoms with E-state index >= 15 is 0 Å². The third-order valence-electron chi connectivity index (χ3n) is 6.89. The Balaban J connectivity index is 1.39. The molecule has 0 unspecified atom stereocenters. The Bertz CT molecular complexity index is 1780. The second-order valence-electron chi connectivity index (χ2n) is 9.30. The molecule has 5 heterocycles. The number of methoxy groups -OCH3 is 1. The van der Waals surface area contributed by atoms with Crippen molar-refractivity contribution in [2.24, 2.45) is 0 Å². The number of carbonyl (C=O) groups is 2. The Kier molecular flexibility index (Phi) is 6.89. The molecule has 6 rings (SSSR count). The molecule has 1 aliphatic heterocycles. The Labute approximate surface area is 239 Å². The molecule has 3 N–H and O–H groups in total. The van der Waals surface area contributed by atoms with Gasteiger partial charge in [-0.15, -0.1) is 0 Å². The van der Waals surface area contributed by atoms with Gasteiger partial charge < -0.3 is 20.7 Å². The van der Waals surface area contributed by atoms with Crippen molar-refractivity contribution >= 4 is 40.6 Å². The van der Waals surface area contributed by atoms with Crippen molar-refractivity contribution in [3.63, 3.8) is 0 Å². The van der Waals surface area contributed by atoms with Crippen LogP contribution in [0.5, 0.6) is 5.75 Å². The fourth-order valence-corrected chi connectivity index (χ4v) is 5.20. The number of anilines is 2. The first-order valence-corrected chi connectivity index (χ1v) is 13.1. The number of fused-ring (bicyclic) bond motifs is 1. The maximum absolute atomic E-state index is 13.4. The normalized spacial score (nSPS) is 14.8. The van der Waals surface area contributed by atoms with E-state index in [4.69, 9.17) is 27.1 Å². The highest BCUT2D eigenvalue weighted by Gasteiger charge is 2.35. The van der Waals surface area contributed by atoms with E-state index in [-0.39, 0.29) is 34.7 Å². The minimum Gasteiger partial charge on any atom is -0.496 e. The van der Waals surface area contributed by atoms with Crippen molar-refractivity contribution in [1.29, 1.82) is 0 Å². The SMILES string of the molecule is COc1cc(-c2nc([C@@H]3CCCN3C(=O)c3ccnc(Cl)n3)n3ccnc(N)c23)ccc1C(=O)Nc1ccccn1. The van der Waals surface area contributed by atoms with Crippen LogP contribution >= 0.6 is 11.6 Å². The van der Waals surface area contributed by atoms with E-state index < -0.39 is 0 Å². The van der Waals surface area contributed by atoms with Crippen molar-refractivity contribution in [2.75, 3.05) is 24.7 Å². The van der Waals surface area contributed by atoms with Gasteiger partial charge in [0.1, 0.15) is 40.1 Å². The second-order valence-corrected chi connectivity index (χ2v) is 9.64. The van der Waals surface area contributed by atoms with Crippen LogP contribution in [-0.2, 0) is 0 Å². The fourth-order valence-electron chi connectivity index (χ4n) is 5.05. The van der Waals surface area contributed by atoms with Crippen molar-refractivity contribution in [3.8, 4) is 17.0 Å². The Morgan fingerprint density at radius 1 is 1.07 bits per heavy atom. The zero-order chi connectivity index (χ0) is 28.5. The van der Waals surface area contributed by atoms with Gasteiger partial charge in [-0.1, -0.05) is 12.1 Å². The molecule has 0 bridgehead atoms. The molecule has 1 fully saturated rings. The molecule has 4 aromatic heterocycles. The minimum absolute atomic E-state index is 0.00472. The summed E-state index contributed by atoms with van der Waals surface area (Å²) in [6, 6.07) is 11.6. The summed E-state index contributed by atoms with van der Waals surface area (Å²) in [6.07, 6.45) is 7.89. The molecule has 1 saturated heterocycles. The van der Waals surface area contributed by atoms with Gasteiger partial charge in [0.05, 0.1) is 18.7 Å². The van der Waals surface area contributed by atoms with E-state index in [9.17, 15) is 9.59 Å². The van der Waals surface area contributed by atoms with Crippen LogP contribution in [0.4, 0.5) is 11.6 Å². The number of nitrogens with zero attached hydrogens (tertiary/aromatic N) is 7. The third kappa shape index (κ3) is 4.89. The number of nitrogen functional groups attached to an aromatic ring is 1. The highest BCUT2D eigenvalue weighted by molar-refractivity contribution is 6.28. The highest BCUT2D eigenvalue weighted by atomic mass is 35.5. The fraction of sp³-hybridized carbons (Fsp3) is 0.179. The van der Waals surface area contributed by atoms with Crippen LogP contribution in [0.2, 0.25) is 5.28 Å². The Hall–Kier alpha value is -5.10. The molecular weight excluding hydrogens is 546 g/mol.